The van der Waals surface area contributed by atoms with Crippen molar-refractivity contribution in [3.63, 3.8) is 0 Å². The summed E-state index contributed by atoms with van der Waals surface area (Å²) in [4.78, 5) is 17.4. The van der Waals surface area contributed by atoms with Gasteiger partial charge in [-0.25, -0.2) is 0 Å². The van der Waals surface area contributed by atoms with Crippen molar-refractivity contribution >= 4 is 5.97 Å². The van der Waals surface area contributed by atoms with E-state index in [4.69, 9.17) is 15.2 Å². The smallest absolute Gasteiger partial charge is 0.317 e. The molecule has 0 rings (SSSR count). The Morgan fingerprint density at radius 3 is 1.88 bits per heavy atom. The number of nitrogens with two attached hydrogens (primary N) is 1. The van der Waals surface area contributed by atoms with E-state index in [0.717, 1.165) is 0 Å². The summed E-state index contributed by atoms with van der Waals surface area (Å²) < 4.78 is 0. The van der Waals surface area contributed by atoms with E-state index in [2.05, 4.69) is 5.73 Å². The van der Waals surface area contributed by atoms with Crippen molar-refractivity contribution in [3.8, 4) is 0 Å². The summed E-state index contributed by atoms with van der Waals surface area (Å²) in [7, 11) is 0. The Bertz CT molecular complexity index is 72.4. The number of hydrogen-bond acceptors (Lipinski definition) is 4. The average Bonchev–Trinajstić information content (AvgIpc) is 1.69. The van der Waals surface area contributed by atoms with Crippen LogP contribution in [0.5, 0.6) is 0 Å². The monoisotopic (exact) mass is 122 g/mol. The maximum atomic E-state index is 9.24. The Labute approximate surface area is 44.8 Å². The number of nitrogens with zero attached hydrogens (tertiary/aromatic N) is 1. The van der Waals surface area contributed by atoms with Gasteiger partial charge in [-0.2, -0.15) is 0 Å². The maximum absolute atomic E-state index is 9.24. The van der Waals surface area contributed by atoms with Gasteiger partial charge in [-0.15, -0.1) is 4.91 Å². The standard InChI is InChI=1S/C2H5NO2.HNO2/c3-1-2(4)5;2-1-3/h1,3H2,(H,4,5);(H,2,3). The van der Waals surface area contributed by atoms with Crippen LogP contribution in [0.15, 0.2) is 5.34 Å². The molecule has 0 aliphatic rings. The molecule has 0 saturated heterocycles. The van der Waals surface area contributed by atoms with Gasteiger partial charge in [0, 0.05) is 0 Å². The van der Waals surface area contributed by atoms with Gasteiger partial charge in [0.25, 0.3) is 0 Å². The summed E-state index contributed by atoms with van der Waals surface area (Å²) in [5.41, 5.74) is 4.57. The molecule has 6 heteroatoms. The van der Waals surface area contributed by atoms with Gasteiger partial charge in [0.2, 0.25) is 0 Å². The van der Waals surface area contributed by atoms with E-state index in [1.165, 1.54) is 5.34 Å². The number of carboxylic acids is 1. The summed E-state index contributed by atoms with van der Waals surface area (Å²) in [6, 6.07) is 0. The first kappa shape index (κ1) is 9.95. The first-order chi connectivity index (χ1) is 3.68. The number of rotatable bonds is 1. The SMILES string of the molecule is NCC(=O)O.O=NO. The molecule has 4 N–H and O–H groups in total. The molecule has 0 unspecified atom stereocenters. The highest BCUT2D eigenvalue weighted by atomic mass is 16.6. The molecule has 0 aliphatic heterocycles. The minimum atomic E-state index is -0.968. The predicted octanol–water partition coefficient (Wildman–Crippen LogP) is -0.828. The molecule has 0 aliphatic carbocycles. The van der Waals surface area contributed by atoms with Gasteiger partial charge in [-0.05, 0) is 0 Å². The lowest BCUT2D eigenvalue weighted by atomic mass is 10.7. The fourth-order valence-electron chi connectivity index (χ4n) is 0. The summed E-state index contributed by atoms with van der Waals surface area (Å²) >= 11 is 0. The molecule has 0 heterocycles. The summed E-state index contributed by atoms with van der Waals surface area (Å²) in [6.45, 7) is -0.278. The third-order valence-corrected chi connectivity index (χ3v) is 0.175. The lowest BCUT2D eigenvalue weighted by molar-refractivity contribution is -0.135. The summed E-state index contributed by atoms with van der Waals surface area (Å²) in [5.74, 6) is -0.968. The molecule has 8 heavy (non-hydrogen) atoms. The van der Waals surface area contributed by atoms with E-state index < -0.39 is 5.97 Å². The number of hydrogen-bond donors (Lipinski definition) is 3. The Kier molecular flexibility index (Phi) is 11.5. The van der Waals surface area contributed by atoms with Crippen LogP contribution in [0.3, 0.4) is 0 Å². The van der Waals surface area contributed by atoms with E-state index >= 15 is 0 Å². The Balaban J connectivity index is 0. The first-order valence-electron chi connectivity index (χ1n) is 1.57. The topological polar surface area (TPSA) is 113 Å². The van der Waals surface area contributed by atoms with Crippen molar-refractivity contribution in [2.24, 2.45) is 11.1 Å². The van der Waals surface area contributed by atoms with Crippen molar-refractivity contribution in [1.29, 1.82) is 0 Å². The van der Waals surface area contributed by atoms with Crippen LogP contribution in [-0.2, 0) is 4.79 Å². The van der Waals surface area contributed by atoms with E-state index in [-0.39, 0.29) is 6.54 Å². The van der Waals surface area contributed by atoms with Gasteiger partial charge < -0.3 is 16.0 Å². The Hall–Kier alpha value is -1.17. The molecule has 0 amide bonds. The van der Waals surface area contributed by atoms with Crippen molar-refractivity contribution in [2.75, 3.05) is 6.54 Å². The Morgan fingerprint density at radius 2 is 1.88 bits per heavy atom. The quantitative estimate of drug-likeness (QED) is 0.310. The van der Waals surface area contributed by atoms with Crippen molar-refractivity contribution in [2.45, 2.75) is 0 Å². The molecule has 0 aromatic carbocycles. The molecule has 0 bridgehead atoms. The molecule has 0 spiro atoms. The molecular formula is C2H6N2O4. The lowest BCUT2D eigenvalue weighted by Gasteiger charge is -1.73. The lowest BCUT2D eigenvalue weighted by Crippen LogP contribution is -2.10. The number of carboxylic acid groups (broad SMARTS) is 1. The number of aliphatic carboxylic acids is 1. The Morgan fingerprint density at radius 1 is 1.75 bits per heavy atom. The molecule has 0 aromatic heterocycles. The van der Waals surface area contributed by atoms with Gasteiger partial charge in [0.05, 0.1) is 6.54 Å². The average molecular weight is 122 g/mol. The van der Waals surface area contributed by atoms with Crippen LogP contribution in [0, 0.1) is 4.91 Å². The highest BCUT2D eigenvalue weighted by molar-refractivity contribution is 5.68. The minimum absolute atomic E-state index is 0.278. The molecule has 6 nitrogen and oxygen atoms in total. The van der Waals surface area contributed by atoms with E-state index in [1.807, 2.05) is 0 Å². The molecule has 0 saturated carbocycles. The number of carbonyl (C=O) groups is 1. The fraction of sp³-hybridized carbons (Fsp3) is 0.500. The van der Waals surface area contributed by atoms with Crippen molar-refractivity contribution in [3.05, 3.63) is 4.91 Å². The highest BCUT2D eigenvalue weighted by Crippen LogP contribution is 1.43. The van der Waals surface area contributed by atoms with Gasteiger partial charge in [-0.3, -0.25) is 4.79 Å². The van der Waals surface area contributed by atoms with Gasteiger partial charge in [-0.1, -0.05) is 0 Å². The minimum Gasteiger partial charge on any atom is -0.480 e. The van der Waals surface area contributed by atoms with Crippen LogP contribution in [0.1, 0.15) is 0 Å². The molecular weight excluding hydrogens is 116 g/mol. The molecule has 0 radical (unpaired) electrons. The van der Waals surface area contributed by atoms with E-state index in [1.54, 1.807) is 0 Å². The second-order valence-corrected chi connectivity index (χ2v) is 0.680. The van der Waals surface area contributed by atoms with E-state index in [9.17, 15) is 4.79 Å². The van der Waals surface area contributed by atoms with Gasteiger partial charge in [0.15, 0.2) is 5.34 Å². The van der Waals surface area contributed by atoms with Crippen LogP contribution < -0.4 is 5.73 Å². The normalized spacial score (nSPS) is 6.12. The van der Waals surface area contributed by atoms with Crippen LogP contribution in [0.2, 0.25) is 0 Å². The second-order valence-electron chi connectivity index (χ2n) is 0.680. The molecule has 0 aromatic rings. The fourth-order valence-corrected chi connectivity index (χ4v) is 0. The third kappa shape index (κ3) is 103. The van der Waals surface area contributed by atoms with Crippen LogP contribution >= 0.6 is 0 Å². The summed E-state index contributed by atoms with van der Waals surface area (Å²) in [5, 5.41) is 15.5. The molecule has 0 atom stereocenters. The van der Waals surface area contributed by atoms with Gasteiger partial charge >= 0.3 is 5.97 Å². The zero-order valence-electron chi connectivity index (χ0n) is 3.94. The van der Waals surface area contributed by atoms with Gasteiger partial charge in [0.1, 0.15) is 0 Å². The van der Waals surface area contributed by atoms with Crippen molar-refractivity contribution < 1.29 is 15.1 Å². The van der Waals surface area contributed by atoms with Crippen LogP contribution in [0.4, 0.5) is 0 Å². The van der Waals surface area contributed by atoms with Crippen LogP contribution in [0.25, 0.3) is 0 Å². The van der Waals surface area contributed by atoms with E-state index in [0.29, 0.717) is 0 Å². The molecule has 48 valence electrons. The second kappa shape index (κ2) is 9.27. The largest absolute Gasteiger partial charge is 0.480 e. The zero-order chi connectivity index (χ0) is 6.99. The van der Waals surface area contributed by atoms with Crippen molar-refractivity contribution in [1.82, 2.24) is 0 Å². The highest BCUT2D eigenvalue weighted by Gasteiger charge is 1.81. The first-order valence-corrected chi connectivity index (χ1v) is 1.57. The third-order valence-electron chi connectivity index (χ3n) is 0.175. The predicted molar refractivity (Wildman–Crippen MR) is 24.3 cm³/mol. The van der Waals surface area contributed by atoms with Crippen LogP contribution in [-0.4, -0.2) is 22.8 Å². The summed E-state index contributed by atoms with van der Waals surface area (Å²) in [6.07, 6.45) is 0. The zero-order valence-corrected chi connectivity index (χ0v) is 3.94. The molecule has 0 fully saturated rings. The maximum Gasteiger partial charge on any atom is 0.317 e.